The second-order valence-corrected chi connectivity index (χ2v) is 5.47. The molecule has 0 spiro atoms. The lowest BCUT2D eigenvalue weighted by atomic mass is 10.1. The van der Waals surface area contributed by atoms with Gasteiger partial charge in [0.2, 0.25) is 0 Å². The topological polar surface area (TPSA) is 90.6 Å². The van der Waals surface area contributed by atoms with Crippen molar-refractivity contribution in [2.45, 2.75) is 6.92 Å². The zero-order valence-corrected chi connectivity index (χ0v) is 13.0. The summed E-state index contributed by atoms with van der Waals surface area (Å²) in [7, 11) is 0. The van der Waals surface area contributed by atoms with E-state index in [1.165, 1.54) is 6.08 Å². The van der Waals surface area contributed by atoms with E-state index in [9.17, 15) is 19.2 Å². The Bertz CT molecular complexity index is 896. The number of para-hydroxylation sites is 1. The molecule has 0 saturated carbocycles. The molecule has 0 atom stereocenters. The number of nitrogens with one attached hydrogen (secondary N) is 1. The summed E-state index contributed by atoms with van der Waals surface area (Å²) in [5, 5.41) is 0.716. The number of hydrogen-bond donors (Lipinski definition) is 1. The molecule has 7 heteroatoms. The SMILES string of the molecule is C=CCN1C(=O)C(=O)N(CC(=O)c2c(C)[nH]c3ccccc23)C1=O. The average molecular weight is 325 g/mol. The van der Waals surface area contributed by atoms with Crippen LogP contribution in [0.5, 0.6) is 0 Å². The van der Waals surface area contributed by atoms with Crippen molar-refractivity contribution in [3.8, 4) is 0 Å². The lowest BCUT2D eigenvalue weighted by Gasteiger charge is -2.13. The number of carbonyl (C=O) groups excluding carboxylic acids is 4. The van der Waals surface area contributed by atoms with Crippen LogP contribution in [0, 0.1) is 6.92 Å². The van der Waals surface area contributed by atoms with Crippen molar-refractivity contribution in [1.82, 2.24) is 14.8 Å². The van der Waals surface area contributed by atoms with Gasteiger partial charge in [0.25, 0.3) is 0 Å². The Labute approximate surface area is 137 Å². The summed E-state index contributed by atoms with van der Waals surface area (Å²) >= 11 is 0. The molecular weight excluding hydrogens is 310 g/mol. The molecule has 7 nitrogen and oxygen atoms in total. The maximum absolute atomic E-state index is 12.6. The summed E-state index contributed by atoms with van der Waals surface area (Å²) in [4.78, 5) is 53.1. The minimum Gasteiger partial charge on any atom is -0.358 e. The first-order chi connectivity index (χ1) is 11.5. The quantitative estimate of drug-likeness (QED) is 0.391. The zero-order chi connectivity index (χ0) is 17.4. The van der Waals surface area contributed by atoms with Crippen LogP contribution in [0.2, 0.25) is 0 Å². The highest BCUT2D eigenvalue weighted by Crippen LogP contribution is 2.23. The molecule has 0 bridgehead atoms. The van der Waals surface area contributed by atoms with Crippen molar-refractivity contribution in [2.75, 3.05) is 13.1 Å². The molecule has 1 aromatic heterocycles. The Hall–Kier alpha value is -3.22. The van der Waals surface area contributed by atoms with Gasteiger partial charge in [-0.2, -0.15) is 0 Å². The van der Waals surface area contributed by atoms with Crippen LogP contribution < -0.4 is 0 Å². The molecule has 1 aromatic carbocycles. The number of aromatic amines is 1. The molecule has 24 heavy (non-hydrogen) atoms. The van der Waals surface area contributed by atoms with E-state index >= 15 is 0 Å². The predicted molar refractivity (Wildman–Crippen MR) is 86.4 cm³/mol. The molecule has 0 unspecified atom stereocenters. The van der Waals surface area contributed by atoms with Crippen LogP contribution in [0.25, 0.3) is 10.9 Å². The van der Waals surface area contributed by atoms with Crippen LogP contribution in [-0.4, -0.2) is 51.5 Å². The molecule has 3 rings (SSSR count). The Morgan fingerprint density at radius 1 is 1.17 bits per heavy atom. The van der Waals surface area contributed by atoms with E-state index < -0.39 is 30.2 Å². The summed E-state index contributed by atoms with van der Waals surface area (Å²) in [5.41, 5.74) is 1.86. The number of carbonyl (C=O) groups is 4. The Balaban J connectivity index is 1.91. The van der Waals surface area contributed by atoms with Crippen molar-refractivity contribution in [1.29, 1.82) is 0 Å². The molecule has 1 fully saturated rings. The minimum absolute atomic E-state index is 0.0692. The summed E-state index contributed by atoms with van der Waals surface area (Å²) in [6.45, 7) is 4.65. The highest BCUT2D eigenvalue weighted by molar-refractivity contribution is 6.45. The molecule has 0 aliphatic carbocycles. The predicted octanol–water partition coefficient (Wildman–Crippen LogP) is 1.64. The van der Waals surface area contributed by atoms with Gasteiger partial charge < -0.3 is 4.98 Å². The van der Waals surface area contributed by atoms with Gasteiger partial charge in [0.1, 0.15) is 0 Å². The summed E-state index contributed by atoms with van der Waals surface area (Å²) < 4.78 is 0. The smallest absolute Gasteiger partial charge is 0.334 e. The number of H-pyrrole nitrogens is 1. The van der Waals surface area contributed by atoms with Crippen LogP contribution in [0.15, 0.2) is 36.9 Å². The van der Waals surface area contributed by atoms with Gasteiger partial charge in [-0.25, -0.2) is 9.69 Å². The van der Waals surface area contributed by atoms with Crippen molar-refractivity contribution >= 4 is 34.5 Å². The van der Waals surface area contributed by atoms with E-state index in [0.717, 1.165) is 10.4 Å². The summed E-state index contributed by atoms with van der Waals surface area (Å²) in [6, 6.07) is 6.46. The maximum atomic E-state index is 12.6. The number of Topliss-reactive ketones (excluding diaryl/α,β-unsaturated/α-hetero) is 1. The molecule has 1 N–H and O–H groups in total. The van der Waals surface area contributed by atoms with Crippen LogP contribution in [0.1, 0.15) is 16.1 Å². The van der Waals surface area contributed by atoms with Crippen LogP contribution in [0.3, 0.4) is 0 Å². The fraction of sp³-hybridized carbons (Fsp3) is 0.176. The first-order valence-corrected chi connectivity index (χ1v) is 7.34. The fourth-order valence-electron chi connectivity index (χ4n) is 2.84. The molecule has 2 heterocycles. The third-order valence-corrected chi connectivity index (χ3v) is 3.92. The van der Waals surface area contributed by atoms with E-state index in [1.54, 1.807) is 19.1 Å². The lowest BCUT2D eigenvalue weighted by Crippen LogP contribution is -2.37. The van der Waals surface area contributed by atoms with Gasteiger partial charge in [-0.15, -0.1) is 6.58 Å². The monoisotopic (exact) mass is 325 g/mol. The van der Waals surface area contributed by atoms with Crippen molar-refractivity contribution in [3.63, 3.8) is 0 Å². The molecule has 4 amide bonds. The maximum Gasteiger partial charge on any atom is 0.334 e. The van der Waals surface area contributed by atoms with Gasteiger partial charge in [0.05, 0.1) is 6.54 Å². The first kappa shape index (κ1) is 15.7. The Morgan fingerprint density at radius 3 is 2.54 bits per heavy atom. The standard InChI is InChI=1S/C17H15N3O4/c1-3-8-19-15(22)16(23)20(17(19)24)9-13(21)14-10(2)18-12-7-5-4-6-11(12)14/h3-7,18H,1,8-9H2,2H3. The average Bonchev–Trinajstić information content (AvgIpc) is 2.99. The summed E-state index contributed by atoms with van der Waals surface area (Å²) in [5.74, 6) is -2.34. The van der Waals surface area contributed by atoms with E-state index in [-0.39, 0.29) is 6.54 Å². The number of imide groups is 2. The molecule has 1 aliphatic rings. The number of benzene rings is 1. The molecule has 0 radical (unpaired) electrons. The van der Waals surface area contributed by atoms with Crippen molar-refractivity contribution < 1.29 is 19.2 Å². The van der Waals surface area contributed by atoms with Crippen LogP contribution in [-0.2, 0) is 9.59 Å². The highest BCUT2D eigenvalue weighted by atomic mass is 16.2. The van der Waals surface area contributed by atoms with Crippen LogP contribution >= 0.6 is 0 Å². The molecule has 122 valence electrons. The number of aryl methyl sites for hydroxylation is 1. The number of urea groups is 1. The van der Waals surface area contributed by atoms with Gasteiger partial charge in [0, 0.05) is 28.7 Å². The number of aromatic nitrogens is 1. The first-order valence-electron chi connectivity index (χ1n) is 7.34. The largest absolute Gasteiger partial charge is 0.358 e. The van der Waals surface area contributed by atoms with E-state index in [0.29, 0.717) is 21.5 Å². The van der Waals surface area contributed by atoms with Gasteiger partial charge >= 0.3 is 17.8 Å². The minimum atomic E-state index is -0.993. The second kappa shape index (κ2) is 5.77. The Kier molecular flexibility index (Phi) is 3.76. The highest BCUT2D eigenvalue weighted by Gasteiger charge is 2.44. The third kappa shape index (κ3) is 2.30. The van der Waals surface area contributed by atoms with E-state index in [4.69, 9.17) is 0 Å². The fourth-order valence-corrected chi connectivity index (χ4v) is 2.84. The van der Waals surface area contributed by atoms with E-state index in [1.807, 2.05) is 12.1 Å². The molecule has 1 saturated heterocycles. The number of amides is 4. The van der Waals surface area contributed by atoms with Gasteiger partial charge in [-0.3, -0.25) is 19.3 Å². The molecule has 1 aliphatic heterocycles. The number of fused-ring (bicyclic) bond motifs is 1. The van der Waals surface area contributed by atoms with Gasteiger partial charge in [-0.1, -0.05) is 24.3 Å². The van der Waals surface area contributed by atoms with Gasteiger partial charge in [0.15, 0.2) is 5.78 Å². The second-order valence-electron chi connectivity index (χ2n) is 5.47. The lowest BCUT2D eigenvalue weighted by molar-refractivity contribution is -0.142. The number of ketones is 1. The van der Waals surface area contributed by atoms with Crippen molar-refractivity contribution in [3.05, 3.63) is 48.2 Å². The van der Waals surface area contributed by atoms with Gasteiger partial charge in [-0.05, 0) is 13.0 Å². The van der Waals surface area contributed by atoms with Crippen LogP contribution in [0.4, 0.5) is 4.79 Å². The van der Waals surface area contributed by atoms with Crippen molar-refractivity contribution in [2.24, 2.45) is 0 Å². The normalized spacial score (nSPS) is 14.8. The summed E-state index contributed by atoms with van der Waals surface area (Å²) in [6.07, 6.45) is 1.35. The molecular formula is C17H15N3O4. The Morgan fingerprint density at radius 2 is 1.83 bits per heavy atom. The zero-order valence-electron chi connectivity index (χ0n) is 13.0. The number of hydrogen-bond acceptors (Lipinski definition) is 4. The van der Waals surface area contributed by atoms with E-state index in [2.05, 4.69) is 11.6 Å². The third-order valence-electron chi connectivity index (χ3n) is 3.92. The number of nitrogens with zero attached hydrogens (tertiary/aromatic N) is 2. The number of rotatable bonds is 5. The molecule has 2 aromatic rings.